The van der Waals surface area contributed by atoms with E-state index in [0.717, 1.165) is 38.5 Å². The Hall–Kier alpha value is -1.07. The lowest BCUT2D eigenvalue weighted by atomic mass is 10.1. The summed E-state index contributed by atoms with van der Waals surface area (Å²) in [5.74, 6) is 0.965. The number of rotatable bonds is 3. The molecule has 0 saturated carbocycles. The first kappa shape index (κ1) is 11.0. The maximum Gasteiger partial charge on any atom is 0.215 e. The highest BCUT2D eigenvalue weighted by molar-refractivity contribution is 5.25. The van der Waals surface area contributed by atoms with Gasteiger partial charge >= 0.3 is 0 Å². The molecule has 1 fully saturated rings. The number of likely N-dealkylation sites (tertiary alicyclic amines) is 1. The van der Waals surface area contributed by atoms with Crippen LogP contribution in [-0.2, 0) is 17.7 Å². The van der Waals surface area contributed by atoms with Crippen molar-refractivity contribution in [3.8, 4) is 5.88 Å². The summed E-state index contributed by atoms with van der Waals surface area (Å²) >= 11 is 0. The van der Waals surface area contributed by atoms with Crippen molar-refractivity contribution in [3.63, 3.8) is 0 Å². The second-order valence-electron chi connectivity index (χ2n) is 4.79. The van der Waals surface area contributed by atoms with Crippen LogP contribution in [0.5, 0.6) is 5.88 Å². The third kappa shape index (κ3) is 1.83. The van der Waals surface area contributed by atoms with Gasteiger partial charge in [0, 0.05) is 25.8 Å². The zero-order valence-corrected chi connectivity index (χ0v) is 10.4. The van der Waals surface area contributed by atoms with E-state index in [1.54, 1.807) is 7.11 Å². The molecule has 0 radical (unpaired) electrons. The topological polar surface area (TPSA) is 39.5 Å². The molecule has 3 rings (SSSR count). The third-order valence-corrected chi connectivity index (χ3v) is 3.77. The van der Waals surface area contributed by atoms with Crippen molar-refractivity contribution in [1.82, 2.24) is 14.7 Å². The van der Waals surface area contributed by atoms with Gasteiger partial charge in [0.15, 0.2) is 0 Å². The van der Waals surface area contributed by atoms with Gasteiger partial charge in [-0.3, -0.25) is 4.90 Å². The average molecular weight is 237 g/mol. The Morgan fingerprint density at radius 1 is 1.47 bits per heavy atom. The van der Waals surface area contributed by atoms with Gasteiger partial charge in [0.25, 0.3) is 0 Å². The van der Waals surface area contributed by atoms with Crippen LogP contribution in [0.15, 0.2) is 6.20 Å². The van der Waals surface area contributed by atoms with Crippen LogP contribution in [0.2, 0.25) is 0 Å². The number of fused-ring (bicyclic) bond motifs is 1. The fourth-order valence-electron chi connectivity index (χ4n) is 2.52. The first-order valence-corrected chi connectivity index (χ1v) is 6.26. The lowest BCUT2D eigenvalue weighted by Crippen LogP contribution is -2.59. The van der Waals surface area contributed by atoms with E-state index in [1.165, 1.54) is 5.56 Å². The summed E-state index contributed by atoms with van der Waals surface area (Å²) in [4.78, 5) is 2.41. The summed E-state index contributed by atoms with van der Waals surface area (Å²) in [7, 11) is 1.78. The van der Waals surface area contributed by atoms with Crippen molar-refractivity contribution >= 4 is 0 Å². The highest BCUT2D eigenvalue weighted by atomic mass is 16.5. The van der Waals surface area contributed by atoms with E-state index in [-0.39, 0.29) is 0 Å². The van der Waals surface area contributed by atoms with Crippen LogP contribution in [0.25, 0.3) is 0 Å². The molecule has 0 aliphatic carbocycles. The summed E-state index contributed by atoms with van der Waals surface area (Å²) in [6.45, 7) is 5.87. The van der Waals surface area contributed by atoms with Gasteiger partial charge in [0.05, 0.1) is 24.9 Å². The molecule has 5 heteroatoms. The molecule has 3 heterocycles. The van der Waals surface area contributed by atoms with E-state index >= 15 is 0 Å². The number of aryl methyl sites for hydroxylation is 1. The van der Waals surface area contributed by atoms with Gasteiger partial charge < -0.3 is 9.47 Å². The van der Waals surface area contributed by atoms with Gasteiger partial charge in [0.1, 0.15) is 6.61 Å². The minimum absolute atomic E-state index is 0.403. The van der Waals surface area contributed by atoms with Crippen molar-refractivity contribution < 1.29 is 9.47 Å². The summed E-state index contributed by atoms with van der Waals surface area (Å²) in [6, 6.07) is 0.443. The largest absolute Gasteiger partial charge is 0.476 e. The number of nitrogens with zero attached hydrogens (tertiary/aromatic N) is 3. The number of methoxy groups -OCH3 is 1. The van der Waals surface area contributed by atoms with Crippen molar-refractivity contribution in [2.24, 2.45) is 0 Å². The molecule has 1 saturated heterocycles. The van der Waals surface area contributed by atoms with Crippen molar-refractivity contribution in [2.45, 2.75) is 32.0 Å². The standard InChI is InChI=1S/C12H19N3O2/c1-3-9-4-13-15-5-10(8-17-12(9)15)14-6-11(7-14)16-2/h4,10-11H,3,5-8H2,1-2H3. The Morgan fingerprint density at radius 3 is 3.00 bits per heavy atom. The SMILES string of the molecule is CCc1cnn2c1OCC(N1CC(OC)C1)C2. The van der Waals surface area contributed by atoms with Gasteiger partial charge in [-0.2, -0.15) is 5.10 Å². The summed E-state index contributed by atoms with van der Waals surface area (Å²) in [6.07, 6.45) is 3.31. The molecular formula is C12H19N3O2. The number of ether oxygens (including phenoxy) is 2. The lowest BCUT2D eigenvalue weighted by Gasteiger charge is -2.44. The molecule has 0 N–H and O–H groups in total. The van der Waals surface area contributed by atoms with E-state index in [1.807, 2.05) is 10.9 Å². The van der Waals surface area contributed by atoms with E-state index in [0.29, 0.717) is 12.1 Å². The smallest absolute Gasteiger partial charge is 0.215 e. The predicted octanol–water partition coefficient (Wildman–Crippen LogP) is 0.537. The zero-order valence-electron chi connectivity index (χ0n) is 10.4. The fourth-order valence-corrected chi connectivity index (χ4v) is 2.52. The number of hydrogen-bond acceptors (Lipinski definition) is 4. The molecule has 2 aliphatic heterocycles. The van der Waals surface area contributed by atoms with Crippen LogP contribution >= 0.6 is 0 Å². The molecular weight excluding hydrogens is 218 g/mol. The Kier molecular flexibility index (Phi) is 2.80. The van der Waals surface area contributed by atoms with Crippen LogP contribution in [0.1, 0.15) is 12.5 Å². The van der Waals surface area contributed by atoms with Crippen LogP contribution < -0.4 is 4.74 Å². The molecule has 0 amide bonds. The Bertz CT molecular complexity index is 398. The first-order valence-electron chi connectivity index (χ1n) is 6.26. The van der Waals surface area contributed by atoms with Gasteiger partial charge in [-0.15, -0.1) is 0 Å². The second-order valence-corrected chi connectivity index (χ2v) is 4.79. The first-order chi connectivity index (χ1) is 8.31. The van der Waals surface area contributed by atoms with Crippen LogP contribution in [-0.4, -0.2) is 53.6 Å². The molecule has 1 unspecified atom stereocenters. The van der Waals surface area contributed by atoms with E-state index < -0.39 is 0 Å². The lowest BCUT2D eigenvalue weighted by molar-refractivity contribution is -0.0684. The molecule has 1 aromatic heterocycles. The minimum Gasteiger partial charge on any atom is -0.476 e. The maximum atomic E-state index is 5.84. The predicted molar refractivity (Wildman–Crippen MR) is 63.3 cm³/mol. The van der Waals surface area contributed by atoms with Crippen LogP contribution in [0, 0.1) is 0 Å². The molecule has 0 aromatic carbocycles. The van der Waals surface area contributed by atoms with Crippen LogP contribution in [0.3, 0.4) is 0 Å². The van der Waals surface area contributed by atoms with E-state index in [2.05, 4.69) is 16.9 Å². The van der Waals surface area contributed by atoms with Gasteiger partial charge in [-0.1, -0.05) is 6.92 Å². The van der Waals surface area contributed by atoms with Gasteiger partial charge in [-0.05, 0) is 6.42 Å². The molecule has 5 nitrogen and oxygen atoms in total. The monoisotopic (exact) mass is 237 g/mol. The highest BCUT2D eigenvalue weighted by Crippen LogP contribution is 2.26. The summed E-state index contributed by atoms with van der Waals surface area (Å²) in [5, 5.41) is 4.39. The van der Waals surface area contributed by atoms with Gasteiger partial charge in [0.2, 0.25) is 5.88 Å². The summed E-state index contributed by atoms with van der Waals surface area (Å²) < 4.78 is 13.1. The molecule has 17 heavy (non-hydrogen) atoms. The van der Waals surface area contributed by atoms with Crippen molar-refractivity contribution in [2.75, 3.05) is 26.8 Å². The third-order valence-electron chi connectivity index (χ3n) is 3.77. The molecule has 94 valence electrons. The zero-order chi connectivity index (χ0) is 11.8. The highest BCUT2D eigenvalue weighted by Gasteiger charge is 2.35. The average Bonchev–Trinajstić information content (AvgIpc) is 2.70. The minimum atomic E-state index is 0.403. The Morgan fingerprint density at radius 2 is 2.29 bits per heavy atom. The molecule has 2 aliphatic rings. The molecule has 0 spiro atoms. The Labute approximate surface area is 101 Å². The molecule has 1 aromatic rings. The second kappa shape index (κ2) is 4.31. The van der Waals surface area contributed by atoms with E-state index in [9.17, 15) is 0 Å². The maximum absolute atomic E-state index is 5.84. The van der Waals surface area contributed by atoms with E-state index in [4.69, 9.17) is 9.47 Å². The molecule has 1 atom stereocenters. The van der Waals surface area contributed by atoms with Gasteiger partial charge in [-0.25, -0.2) is 4.68 Å². The fraction of sp³-hybridized carbons (Fsp3) is 0.750. The normalized spacial score (nSPS) is 25.2. The number of aromatic nitrogens is 2. The van der Waals surface area contributed by atoms with Crippen LogP contribution in [0.4, 0.5) is 0 Å². The van der Waals surface area contributed by atoms with Crippen molar-refractivity contribution in [1.29, 1.82) is 0 Å². The number of hydrogen-bond donors (Lipinski definition) is 0. The summed E-state index contributed by atoms with van der Waals surface area (Å²) in [5.41, 5.74) is 1.21. The quantitative estimate of drug-likeness (QED) is 0.769. The van der Waals surface area contributed by atoms with Crippen molar-refractivity contribution in [3.05, 3.63) is 11.8 Å². The molecule has 0 bridgehead atoms. The Balaban J connectivity index is 1.65.